The number of hydrogen-bond acceptors (Lipinski definition) is 3. The fourth-order valence-corrected chi connectivity index (χ4v) is 4.08. The second-order valence-electron chi connectivity index (χ2n) is 4.58. The summed E-state index contributed by atoms with van der Waals surface area (Å²) in [5, 5.41) is 10.3. The third kappa shape index (κ3) is 2.83. The largest absolute Gasteiger partial charge is 0.388 e. The minimum Gasteiger partial charge on any atom is -0.388 e. The van der Waals surface area contributed by atoms with Gasteiger partial charge in [0.05, 0.1) is 17.1 Å². The van der Waals surface area contributed by atoms with E-state index in [2.05, 4.69) is 0 Å². The van der Waals surface area contributed by atoms with E-state index in [1.54, 1.807) is 0 Å². The molecule has 0 aromatic heterocycles. The van der Waals surface area contributed by atoms with Crippen molar-refractivity contribution in [2.24, 2.45) is 0 Å². The zero-order valence-electron chi connectivity index (χ0n) is 9.09. The van der Waals surface area contributed by atoms with Crippen LogP contribution in [0.2, 0.25) is 0 Å². The van der Waals surface area contributed by atoms with Gasteiger partial charge in [0.15, 0.2) is 9.84 Å². The van der Waals surface area contributed by atoms with Crippen LogP contribution >= 0.6 is 0 Å². The highest BCUT2D eigenvalue weighted by Crippen LogP contribution is 2.26. The van der Waals surface area contributed by atoms with Crippen LogP contribution in [0.25, 0.3) is 0 Å². The first kappa shape index (κ1) is 11.6. The van der Waals surface area contributed by atoms with Crippen LogP contribution in [0.1, 0.15) is 18.4 Å². The monoisotopic (exact) mass is 240 g/mol. The molecule has 0 saturated carbocycles. The summed E-state index contributed by atoms with van der Waals surface area (Å²) in [6.07, 6.45) is 1.56. The first-order valence-electron chi connectivity index (χ1n) is 5.46. The average Bonchev–Trinajstić information content (AvgIpc) is 2.16. The van der Waals surface area contributed by atoms with Gasteiger partial charge in [-0.25, -0.2) is 8.42 Å². The molecule has 1 aromatic carbocycles. The minimum atomic E-state index is -3.06. The van der Waals surface area contributed by atoms with Gasteiger partial charge in [-0.2, -0.15) is 0 Å². The molecule has 0 amide bonds. The van der Waals surface area contributed by atoms with Crippen LogP contribution in [-0.4, -0.2) is 30.6 Å². The van der Waals surface area contributed by atoms with Crippen molar-refractivity contribution < 1.29 is 13.5 Å². The van der Waals surface area contributed by atoms with E-state index in [0.29, 0.717) is 19.3 Å². The van der Waals surface area contributed by atoms with Gasteiger partial charge in [0, 0.05) is 6.42 Å². The van der Waals surface area contributed by atoms with Crippen LogP contribution in [-0.2, 0) is 16.3 Å². The smallest absolute Gasteiger partial charge is 0.153 e. The normalized spacial score (nSPS) is 28.8. The van der Waals surface area contributed by atoms with Crippen molar-refractivity contribution in [3.8, 4) is 0 Å². The first-order valence-corrected chi connectivity index (χ1v) is 7.28. The zero-order valence-corrected chi connectivity index (χ0v) is 9.91. The molecule has 0 bridgehead atoms. The summed E-state index contributed by atoms with van der Waals surface area (Å²) in [6.45, 7) is 0. The van der Waals surface area contributed by atoms with E-state index in [0.717, 1.165) is 5.56 Å². The third-order valence-corrected chi connectivity index (χ3v) is 4.85. The Morgan fingerprint density at radius 3 is 2.56 bits per heavy atom. The summed E-state index contributed by atoms with van der Waals surface area (Å²) in [7, 11) is -3.06. The summed E-state index contributed by atoms with van der Waals surface area (Å²) in [4.78, 5) is 0. The average molecular weight is 240 g/mol. The van der Waals surface area contributed by atoms with Crippen LogP contribution < -0.4 is 0 Å². The van der Waals surface area contributed by atoms with Crippen molar-refractivity contribution in [3.63, 3.8) is 0 Å². The Labute approximate surface area is 96.0 Å². The lowest BCUT2D eigenvalue weighted by Crippen LogP contribution is -2.44. The maximum Gasteiger partial charge on any atom is 0.153 e. The fourth-order valence-electron chi connectivity index (χ4n) is 2.29. The van der Waals surface area contributed by atoms with Gasteiger partial charge in [0.25, 0.3) is 0 Å². The summed E-state index contributed by atoms with van der Waals surface area (Å²) < 4.78 is 23.0. The van der Waals surface area contributed by atoms with Gasteiger partial charge >= 0.3 is 0 Å². The van der Waals surface area contributed by atoms with E-state index in [1.807, 2.05) is 30.3 Å². The topological polar surface area (TPSA) is 54.4 Å². The summed E-state index contributed by atoms with van der Waals surface area (Å²) in [5.41, 5.74) is -0.0829. The zero-order chi connectivity index (χ0) is 11.6. The molecule has 4 heteroatoms. The predicted octanol–water partition coefficient (Wildman–Crippen LogP) is 1.17. The standard InChI is InChI=1S/C12H16O3S/c13-12(7-4-8-16(14,15)10-12)9-11-5-2-1-3-6-11/h1-3,5-6,13H,4,7-10H2. The molecular weight excluding hydrogens is 224 g/mol. The predicted molar refractivity (Wildman–Crippen MR) is 63.0 cm³/mol. The second kappa shape index (κ2) is 4.18. The molecule has 1 saturated heterocycles. The Balaban J connectivity index is 2.14. The molecule has 1 aliphatic heterocycles. The number of rotatable bonds is 2. The van der Waals surface area contributed by atoms with E-state index >= 15 is 0 Å². The number of hydrogen-bond donors (Lipinski definition) is 1. The molecule has 0 spiro atoms. The van der Waals surface area contributed by atoms with Crippen molar-refractivity contribution in [2.45, 2.75) is 24.9 Å². The van der Waals surface area contributed by atoms with E-state index in [-0.39, 0.29) is 11.5 Å². The van der Waals surface area contributed by atoms with Gasteiger partial charge in [-0.05, 0) is 18.4 Å². The molecule has 1 aromatic rings. The maximum atomic E-state index is 11.5. The molecule has 16 heavy (non-hydrogen) atoms. The summed E-state index contributed by atoms with van der Waals surface area (Å²) in [6, 6.07) is 9.54. The highest BCUT2D eigenvalue weighted by atomic mass is 32.2. The molecule has 1 N–H and O–H groups in total. The summed E-state index contributed by atoms with van der Waals surface area (Å²) in [5.74, 6) is 0.110. The highest BCUT2D eigenvalue weighted by Gasteiger charge is 2.36. The molecule has 0 aliphatic carbocycles. The van der Waals surface area contributed by atoms with Crippen molar-refractivity contribution in [1.29, 1.82) is 0 Å². The quantitative estimate of drug-likeness (QED) is 0.844. The van der Waals surface area contributed by atoms with E-state index in [4.69, 9.17) is 0 Å². The van der Waals surface area contributed by atoms with Gasteiger partial charge in [-0.1, -0.05) is 30.3 Å². The van der Waals surface area contributed by atoms with Crippen molar-refractivity contribution in [3.05, 3.63) is 35.9 Å². The highest BCUT2D eigenvalue weighted by molar-refractivity contribution is 7.91. The number of sulfone groups is 1. The van der Waals surface area contributed by atoms with Crippen LogP contribution in [0.4, 0.5) is 0 Å². The fraction of sp³-hybridized carbons (Fsp3) is 0.500. The van der Waals surface area contributed by atoms with Crippen molar-refractivity contribution in [1.82, 2.24) is 0 Å². The molecular formula is C12H16O3S. The lowest BCUT2D eigenvalue weighted by Gasteiger charge is -2.31. The molecule has 1 unspecified atom stereocenters. The molecule has 1 fully saturated rings. The second-order valence-corrected chi connectivity index (χ2v) is 6.77. The van der Waals surface area contributed by atoms with Crippen LogP contribution in [0.5, 0.6) is 0 Å². The molecule has 1 atom stereocenters. The molecule has 1 heterocycles. The van der Waals surface area contributed by atoms with Crippen LogP contribution in [0.15, 0.2) is 30.3 Å². The van der Waals surface area contributed by atoms with Gasteiger partial charge in [-0.3, -0.25) is 0 Å². The maximum absolute atomic E-state index is 11.5. The molecule has 3 nitrogen and oxygen atoms in total. The van der Waals surface area contributed by atoms with E-state index in [1.165, 1.54) is 0 Å². The van der Waals surface area contributed by atoms with E-state index in [9.17, 15) is 13.5 Å². The van der Waals surface area contributed by atoms with Gasteiger partial charge < -0.3 is 5.11 Å². The van der Waals surface area contributed by atoms with Gasteiger partial charge in [-0.15, -0.1) is 0 Å². The first-order chi connectivity index (χ1) is 7.49. The Bertz CT molecular complexity index is 452. The number of benzene rings is 1. The number of aliphatic hydroxyl groups is 1. The minimum absolute atomic E-state index is 0.102. The SMILES string of the molecule is O=S1(=O)CCCC(O)(Cc2ccccc2)C1. The Morgan fingerprint density at radius 1 is 1.25 bits per heavy atom. The van der Waals surface area contributed by atoms with Crippen molar-refractivity contribution >= 4 is 9.84 Å². The van der Waals surface area contributed by atoms with Crippen molar-refractivity contribution in [2.75, 3.05) is 11.5 Å². The van der Waals surface area contributed by atoms with Gasteiger partial charge in [0.1, 0.15) is 0 Å². The lowest BCUT2D eigenvalue weighted by atomic mass is 9.92. The van der Waals surface area contributed by atoms with Gasteiger partial charge in [0.2, 0.25) is 0 Å². The Hall–Kier alpha value is -0.870. The van der Waals surface area contributed by atoms with Crippen LogP contribution in [0.3, 0.4) is 0 Å². The third-order valence-electron chi connectivity index (χ3n) is 2.96. The Morgan fingerprint density at radius 2 is 1.94 bits per heavy atom. The van der Waals surface area contributed by atoms with E-state index < -0.39 is 15.4 Å². The molecule has 0 radical (unpaired) electrons. The molecule has 88 valence electrons. The Kier molecular flexibility index (Phi) is 3.04. The summed E-state index contributed by atoms with van der Waals surface area (Å²) >= 11 is 0. The molecule has 2 rings (SSSR count). The molecule has 1 aliphatic rings. The van der Waals surface area contributed by atoms with Crippen LogP contribution in [0, 0.1) is 0 Å². The lowest BCUT2D eigenvalue weighted by molar-refractivity contribution is 0.0503.